The third-order valence-corrected chi connectivity index (χ3v) is 4.91. The average Bonchev–Trinajstić information content (AvgIpc) is 2.56. The average molecular weight is 305 g/mol. The predicted octanol–water partition coefficient (Wildman–Crippen LogP) is 2.25. The van der Waals surface area contributed by atoms with Gasteiger partial charge in [0, 0.05) is 0 Å². The zero-order valence-electron chi connectivity index (χ0n) is 13.0. The van der Waals surface area contributed by atoms with E-state index in [0.29, 0.717) is 0 Å². The molecular formula is C17H23NO4. The van der Waals surface area contributed by atoms with Gasteiger partial charge in [0.1, 0.15) is 19.2 Å². The number of rotatable bonds is 3. The lowest BCUT2D eigenvalue weighted by molar-refractivity contribution is -0.194. The molecule has 1 saturated heterocycles. The van der Waals surface area contributed by atoms with E-state index in [1.54, 1.807) is 7.11 Å². The zero-order chi connectivity index (χ0) is 15.6. The summed E-state index contributed by atoms with van der Waals surface area (Å²) in [4.78, 5) is 14.2. The normalized spacial score (nSPS) is 24.5. The molecule has 1 aromatic rings. The van der Waals surface area contributed by atoms with E-state index in [1.165, 1.54) is 11.3 Å². The van der Waals surface area contributed by atoms with Crippen molar-refractivity contribution in [1.82, 2.24) is 4.90 Å². The van der Waals surface area contributed by atoms with E-state index < -0.39 is 5.60 Å². The topological polar surface area (TPSA) is 59.0 Å². The maximum absolute atomic E-state index is 12.8. The number of carbonyl (C=O) groups is 1. The first-order valence-corrected chi connectivity index (χ1v) is 7.88. The lowest BCUT2D eigenvalue weighted by Crippen LogP contribution is -2.56. The largest absolute Gasteiger partial charge is 0.497 e. The first kappa shape index (κ1) is 15.3. The molecular weight excluding hydrogens is 282 g/mol. The van der Waals surface area contributed by atoms with Gasteiger partial charge in [0.05, 0.1) is 18.6 Å². The van der Waals surface area contributed by atoms with Gasteiger partial charge in [-0.25, -0.2) is 0 Å². The lowest BCUT2D eigenvalue weighted by Gasteiger charge is -2.48. The molecule has 1 aromatic carbocycles. The number of ether oxygens (including phenoxy) is 2. The third kappa shape index (κ3) is 2.59. The van der Waals surface area contributed by atoms with Gasteiger partial charge in [-0.15, -0.1) is 0 Å². The highest BCUT2D eigenvalue weighted by Gasteiger charge is 2.50. The van der Waals surface area contributed by atoms with Gasteiger partial charge < -0.3 is 14.6 Å². The van der Waals surface area contributed by atoms with Gasteiger partial charge in [0.15, 0.2) is 0 Å². The molecule has 5 nitrogen and oxygen atoms in total. The summed E-state index contributed by atoms with van der Waals surface area (Å²) < 4.78 is 11.3. The van der Waals surface area contributed by atoms with Gasteiger partial charge in [-0.1, -0.05) is 31.4 Å². The van der Waals surface area contributed by atoms with Crippen LogP contribution in [0.5, 0.6) is 5.75 Å². The van der Waals surface area contributed by atoms with Crippen LogP contribution in [0.15, 0.2) is 24.3 Å². The molecule has 1 heterocycles. The highest BCUT2D eigenvalue weighted by atomic mass is 16.5. The van der Waals surface area contributed by atoms with Crippen LogP contribution in [0.3, 0.4) is 0 Å². The van der Waals surface area contributed by atoms with Crippen molar-refractivity contribution in [2.24, 2.45) is 0 Å². The summed E-state index contributed by atoms with van der Waals surface area (Å²) >= 11 is 0. The Morgan fingerprint density at radius 2 is 1.95 bits per heavy atom. The van der Waals surface area contributed by atoms with E-state index in [9.17, 15) is 9.90 Å². The molecule has 1 N–H and O–H groups in total. The number of benzene rings is 1. The molecule has 22 heavy (non-hydrogen) atoms. The van der Waals surface area contributed by atoms with Crippen molar-refractivity contribution in [1.29, 1.82) is 0 Å². The summed E-state index contributed by atoms with van der Waals surface area (Å²) in [6.45, 7) is -0.121. The highest BCUT2D eigenvalue weighted by molar-refractivity contribution is 5.85. The van der Waals surface area contributed by atoms with Crippen LogP contribution in [0.2, 0.25) is 0 Å². The Kier molecular flexibility index (Phi) is 4.36. The number of hydrogen-bond donors (Lipinski definition) is 1. The summed E-state index contributed by atoms with van der Waals surface area (Å²) in [6, 6.07) is 7.61. The minimum absolute atomic E-state index is 0.0409. The molecule has 2 aliphatic rings. The number of nitrogens with zero attached hydrogens (tertiary/aromatic N) is 1. The predicted molar refractivity (Wildman–Crippen MR) is 81.4 cm³/mol. The molecule has 0 aromatic heterocycles. The monoisotopic (exact) mass is 305 g/mol. The number of carbonyl (C=O) groups excluding carboxylic acids is 1. The first-order chi connectivity index (χ1) is 10.7. The molecule has 5 heteroatoms. The summed E-state index contributed by atoms with van der Waals surface area (Å²) in [5.74, 6) is 0.380. The molecule has 1 amide bonds. The van der Waals surface area contributed by atoms with Crippen molar-refractivity contribution in [3.8, 4) is 5.75 Å². The second-order valence-corrected chi connectivity index (χ2v) is 6.12. The fourth-order valence-electron chi connectivity index (χ4n) is 3.70. The first-order valence-electron chi connectivity index (χ1n) is 7.88. The van der Waals surface area contributed by atoms with Gasteiger partial charge >= 0.3 is 0 Å². The van der Waals surface area contributed by atoms with Crippen molar-refractivity contribution in [3.63, 3.8) is 0 Å². The van der Waals surface area contributed by atoms with Gasteiger partial charge in [0.2, 0.25) is 5.91 Å². The fraction of sp³-hybridized carbons (Fsp3) is 0.588. The van der Waals surface area contributed by atoms with Crippen LogP contribution in [0.4, 0.5) is 0 Å². The Labute approximate surface area is 130 Å². The number of amides is 1. The summed E-state index contributed by atoms with van der Waals surface area (Å²) in [7, 11) is 1.63. The Bertz CT molecular complexity index is 522. The Balaban J connectivity index is 1.97. The van der Waals surface area contributed by atoms with Crippen LogP contribution >= 0.6 is 0 Å². The van der Waals surface area contributed by atoms with Crippen LogP contribution in [0.25, 0.3) is 0 Å². The van der Waals surface area contributed by atoms with Crippen LogP contribution in [-0.4, -0.2) is 42.1 Å². The van der Waals surface area contributed by atoms with E-state index in [-0.39, 0.29) is 25.3 Å². The van der Waals surface area contributed by atoms with Crippen molar-refractivity contribution >= 4 is 5.91 Å². The molecule has 1 atom stereocenters. The third-order valence-electron chi connectivity index (χ3n) is 4.91. The molecule has 1 saturated carbocycles. The second-order valence-electron chi connectivity index (χ2n) is 6.12. The van der Waals surface area contributed by atoms with E-state index in [0.717, 1.165) is 37.0 Å². The molecule has 3 rings (SSSR count). The van der Waals surface area contributed by atoms with Crippen LogP contribution in [0, 0.1) is 0 Å². The van der Waals surface area contributed by atoms with E-state index in [2.05, 4.69) is 0 Å². The van der Waals surface area contributed by atoms with Gasteiger partial charge in [0.25, 0.3) is 0 Å². The maximum atomic E-state index is 12.8. The number of aliphatic hydroxyl groups excluding tert-OH is 1. The van der Waals surface area contributed by atoms with Crippen LogP contribution in [0.1, 0.15) is 43.6 Å². The maximum Gasteiger partial charge on any atom is 0.236 e. The van der Waals surface area contributed by atoms with Crippen LogP contribution < -0.4 is 4.74 Å². The standard InChI is InChI=1S/C17H23NO4/c1-21-14-7-5-13(6-8-14)15-16(20)18(11-19)12-22-17(15)9-3-2-4-10-17/h5-8,15,19H,2-4,9-12H2,1H3. The van der Waals surface area contributed by atoms with Crippen LogP contribution in [-0.2, 0) is 9.53 Å². The molecule has 1 aliphatic heterocycles. The Morgan fingerprint density at radius 3 is 2.55 bits per heavy atom. The van der Waals surface area contributed by atoms with Crippen molar-refractivity contribution in [3.05, 3.63) is 29.8 Å². The summed E-state index contributed by atoms with van der Waals surface area (Å²) in [5.41, 5.74) is 0.515. The number of hydrogen-bond acceptors (Lipinski definition) is 4. The molecule has 1 spiro atoms. The number of aliphatic hydroxyl groups is 1. The number of methoxy groups -OCH3 is 1. The van der Waals surface area contributed by atoms with Crippen molar-refractivity contribution < 1.29 is 19.4 Å². The van der Waals surface area contributed by atoms with Gasteiger partial charge in [-0.3, -0.25) is 9.69 Å². The van der Waals surface area contributed by atoms with E-state index in [4.69, 9.17) is 9.47 Å². The SMILES string of the molecule is COc1ccc(C2C(=O)N(CO)COC23CCCCC3)cc1. The van der Waals surface area contributed by atoms with Gasteiger partial charge in [-0.05, 0) is 30.5 Å². The minimum atomic E-state index is -0.421. The highest BCUT2D eigenvalue weighted by Crippen LogP contribution is 2.46. The van der Waals surface area contributed by atoms with Gasteiger partial charge in [-0.2, -0.15) is 0 Å². The molecule has 120 valence electrons. The summed E-state index contributed by atoms with van der Waals surface area (Å²) in [5, 5.41) is 9.40. The molecule has 1 aliphatic carbocycles. The molecule has 1 unspecified atom stereocenters. The minimum Gasteiger partial charge on any atom is -0.497 e. The quantitative estimate of drug-likeness (QED) is 0.930. The van der Waals surface area contributed by atoms with Crippen molar-refractivity contribution in [2.75, 3.05) is 20.6 Å². The van der Waals surface area contributed by atoms with E-state index >= 15 is 0 Å². The van der Waals surface area contributed by atoms with Crippen molar-refractivity contribution in [2.45, 2.75) is 43.6 Å². The smallest absolute Gasteiger partial charge is 0.236 e. The molecule has 2 fully saturated rings. The lowest BCUT2D eigenvalue weighted by atomic mass is 9.71. The second kappa shape index (κ2) is 6.26. The Hall–Kier alpha value is -1.59. The molecule has 0 bridgehead atoms. The molecule has 0 radical (unpaired) electrons. The zero-order valence-corrected chi connectivity index (χ0v) is 13.0. The fourth-order valence-corrected chi connectivity index (χ4v) is 3.70. The summed E-state index contributed by atoms with van der Waals surface area (Å²) in [6.07, 6.45) is 5.15. The van der Waals surface area contributed by atoms with E-state index in [1.807, 2.05) is 24.3 Å². The Morgan fingerprint density at radius 1 is 1.27 bits per heavy atom.